The fourth-order valence-electron chi connectivity index (χ4n) is 2.15. The number of rotatable bonds is 3. The van der Waals surface area contributed by atoms with Gasteiger partial charge in [-0.3, -0.25) is 0 Å². The van der Waals surface area contributed by atoms with Crippen molar-refractivity contribution in [2.24, 2.45) is 0 Å². The monoisotopic (exact) mass is 255 g/mol. The van der Waals surface area contributed by atoms with E-state index in [4.69, 9.17) is 0 Å². The van der Waals surface area contributed by atoms with Gasteiger partial charge in [0, 0.05) is 12.1 Å². The van der Waals surface area contributed by atoms with Gasteiger partial charge in [-0.15, -0.1) is 0 Å². The number of benzene rings is 1. The van der Waals surface area contributed by atoms with Crippen molar-refractivity contribution in [2.75, 3.05) is 11.5 Å². The van der Waals surface area contributed by atoms with Crippen molar-refractivity contribution in [1.82, 2.24) is 5.32 Å². The predicted octanol–water partition coefficient (Wildman–Crippen LogP) is 0.495. The van der Waals surface area contributed by atoms with Crippen LogP contribution in [0.3, 0.4) is 0 Å². The molecule has 0 spiro atoms. The zero-order chi connectivity index (χ0) is 12.5. The molecule has 0 aliphatic carbocycles. The summed E-state index contributed by atoms with van der Waals surface area (Å²) in [6.07, 6.45) is -0.800. The minimum Gasteiger partial charge on any atom is -0.390 e. The molecule has 0 saturated carbocycles. The summed E-state index contributed by atoms with van der Waals surface area (Å²) in [6, 6.07) is 9.44. The van der Waals surface area contributed by atoms with Crippen molar-refractivity contribution in [3.8, 4) is 0 Å². The van der Waals surface area contributed by atoms with E-state index in [0.29, 0.717) is 0 Å². The highest BCUT2D eigenvalue weighted by Crippen LogP contribution is 2.18. The van der Waals surface area contributed by atoms with Crippen molar-refractivity contribution in [3.63, 3.8) is 0 Å². The second kappa shape index (κ2) is 4.76. The molecule has 94 valence electrons. The quantitative estimate of drug-likeness (QED) is 0.825. The van der Waals surface area contributed by atoms with Gasteiger partial charge in [0.15, 0.2) is 9.84 Å². The molecule has 1 aliphatic rings. The summed E-state index contributed by atoms with van der Waals surface area (Å²) in [5.74, 6) is -0.114. The van der Waals surface area contributed by atoms with E-state index in [0.717, 1.165) is 5.56 Å². The molecule has 0 aromatic heterocycles. The Morgan fingerprint density at radius 3 is 2.47 bits per heavy atom. The van der Waals surface area contributed by atoms with Crippen molar-refractivity contribution in [2.45, 2.75) is 25.1 Å². The maximum atomic E-state index is 11.4. The molecule has 4 nitrogen and oxygen atoms in total. The maximum Gasteiger partial charge on any atom is 0.154 e. The van der Waals surface area contributed by atoms with Crippen LogP contribution < -0.4 is 5.32 Å². The molecule has 1 aromatic rings. The van der Waals surface area contributed by atoms with E-state index in [2.05, 4.69) is 5.32 Å². The Morgan fingerprint density at radius 2 is 1.94 bits per heavy atom. The van der Waals surface area contributed by atoms with Crippen LogP contribution in [0.1, 0.15) is 18.5 Å². The Hall–Kier alpha value is -0.910. The number of nitrogens with one attached hydrogen (secondary N) is 1. The summed E-state index contributed by atoms with van der Waals surface area (Å²) in [7, 11) is -3.08. The standard InChI is InChI=1S/C12H17NO3S/c1-9(10-5-3-2-4-6-10)13-11-7-17(15,16)8-12(11)14/h2-6,9,11-14H,7-8H2,1H3/t9-,11?,12?/m0/s1. The van der Waals surface area contributed by atoms with Crippen LogP contribution in [-0.2, 0) is 9.84 Å². The van der Waals surface area contributed by atoms with Crippen LogP contribution in [0.5, 0.6) is 0 Å². The molecule has 0 bridgehead atoms. The number of aliphatic hydroxyl groups excluding tert-OH is 1. The highest BCUT2D eigenvalue weighted by molar-refractivity contribution is 7.91. The smallest absolute Gasteiger partial charge is 0.154 e. The summed E-state index contributed by atoms with van der Waals surface area (Å²) in [6.45, 7) is 1.97. The van der Waals surface area contributed by atoms with E-state index < -0.39 is 15.9 Å². The molecule has 1 aliphatic heterocycles. The average Bonchev–Trinajstić information content (AvgIpc) is 2.53. The molecule has 17 heavy (non-hydrogen) atoms. The lowest BCUT2D eigenvalue weighted by molar-refractivity contribution is 0.160. The van der Waals surface area contributed by atoms with E-state index in [1.807, 2.05) is 37.3 Å². The van der Waals surface area contributed by atoms with Crippen LogP contribution >= 0.6 is 0 Å². The Labute approximate surface area is 102 Å². The van der Waals surface area contributed by atoms with Crippen molar-refractivity contribution in [3.05, 3.63) is 35.9 Å². The third-order valence-corrected chi connectivity index (χ3v) is 4.80. The molecule has 1 aromatic carbocycles. The van der Waals surface area contributed by atoms with Crippen LogP contribution in [-0.4, -0.2) is 37.2 Å². The predicted molar refractivity (Wildman–Crippen MR) is 66.4 cm³/mol. The number of hydrogen-bond donors (Lipinski definition) is 2. The molecule has 1 fully saturated rings. The molecule has 5 heteroatoms. The first kappa shape index (κ1) is 12.5. The molecular weight excluding hydrogens is 238 g/mol. The fourth-order valence-corrected chi connectivity index (χ4v) is 3.90. The molecule has 2 rings (SSSR count). The van der Waals surface area contributed by atoms with Crippen LogP contribution in [0, 0.1) is 0 Å². The lowest BCUT2D eigenvalue weighted by Crippen LogP contribution is -2.40. The number of sulfone groups is 1. The van der Waals surface area contributed by atoms with Gasteiger partial charge in [0.2, 0.25) is 0 Å². The van der Waals surface area contributed by atoms with Crippen molar-refractivity contribution >= 4 is 9.84 Å². The van der Waals surface area contributed by atoms with E-state index >= 15 is 0 Å². The lowest BCUT2D eigenvalue weighted by atomic mass is 10.1. The molecule has 1 saturated heterocycles. The highest BCUT2D eigenvalue weighted by Gasteiger charge is 2.36. The lowest BCUT2D eigenvalue weighted by Gasteiger charge is -2.21. The summed E-state index contributed by atoms with van der Waals surface area (Å²) in [5.41, 5.74) is 1.09. The summed E-state index contributed by atoms with van der Waals surface area (Å²) < 4.78 is 22.7. The topological polar surface area (TPSA) is 66.4 Å². The second-order valence-electron chi connectivity index (χ2n) is 4.55. The summed E-state index contributed by atoms with van der Waals surface area (Å²) in [4.78, 5) is 0. The largest absolute Gasteiger partial charge is 0.390 e. The van der Waals surface area contributed by atoms with Gasteiger partial charge < -0.3 is 10.4 Å². The molecule has 2 N–H and O–H groups in total. The van der Waals surface area contributed by atoms with Gasteiger partial charge in [0.1, 0.15) is 0 Å². The molecule has 0 radical (unpaired) electrons. The van der Waals surface area contributed by atoms with Gasteiger partial charge >= 0.3 is 0 Å². The van der Waals surface area contributed by atoms with Crippen LogP contribution in [0.25, 0.3) is 0 Å². The molecular formula is C12H17NO3S. The minimum absolute atomic E-state index is 0.0192. The van der Waals surface area contributed by atoms with Gasteiger partial charge in [0.05, 0.1) is 17.6 Å². The summed E-state index contributed by atoms with van der Waals surface area (Å²) >= 11 is 0. The Morgan fingerprint density at radius 1 is 1.29 bits per heavy atom. The van der Waals surface area contributed by atoms with E-state index in [1.165, 1.54) is 0 Å². The molecule has 1 heterocycles. The van der Waals surface area contributed by atoms with Gasteiger partial charge in [-0.05, 0) is 12.5 Å². The first-order chi connectivity index (χ1) is 7.98. The van der Waals surface area contributed by atoms with Crippen molar-refractivity contribution < 1.29 is 13.5 Å². The molecule has 2 unspecified atom stereocenters. The van der Waals surface area contributed by atoms with Crippen molar-refractivity contribution in [1.29, 1.82) is 0 Å². The Kier molecular flexibility index (Phi) is 3.51. The van der Waals surface area contributed by atoms with Crippen LogP contribution in [0.2, 0.25) is 0 Å². The highest BCUT2D eigenvalue weighted by atomic mass is 32.2. The molecule has 3 atom stereocenters. The van der Waals surface area contributed by atoms with E-state index in [1.54, 1.807) is 0 Å². The zero-order valence-corrected chi connectivity index (χ0v) is 10.5. The third kappa shape index (κ3) is 3.06. The van der Waals surface area contributed by atoms with Gasteiger partial charge in [0.25, 0.3) is 0 Å². The van der Waals surface area contributed by atoms with Crippen LogP contribution in [0.4, 0.5) is 0 Å². The average molecular weight is 255 g/mol. The van der Waals surface area contributed by atoms with Gasteiger partial charge in [-0.2, -0.15) is 0 Å². The van der Waals surface area contributed by atoms with Gasteiger partial charge in [-0.25, -0.2) is 8.42 Å². The summed E-state index contributed by atoms with van der Waals surface area (Å²) in [5, 5.41) is 12.9. The molecule has 0 amide bonds. The first-order valence-corrected chi connectivity index (χ1v) is 7.49. The maximum absolute atomic E-state index is 11.4. The first-order valence-electron chi connectivity index (χ1n) is 5.67. The van der Waals surface area contributed by atoms with Gasteiger partial charge in [-0.1, -0.05) is 30.3 Å². The SMILES string of the molecule is C[C@H](NC1CS(=O)(=O)CC1O)c1ccccc1. The van der Waals surface area contributed by atoms with E-state index in [9.17, 15) is 13.5 Å². The second-order valence-corrected chi connectivity index (χ2v) is 6.70. The zero-order valence-electron chi connectivity index (χ0n) is 9.70. The van der Waals surface area contributed by atoms with Crippen LogP contribution in [0.15, 0.2) is 30.3 Å². The number of aliphatic hydroxyl groups is 1. The number of hydrogen-bond acceptors (Lipinski definition) is 4. The fraction of sp³-hybridized carbons (Fsp3) is 0.500. The Balaban J connectivity index is 2.03. The third-order valence-electron chi connectivity index (χ3n) is 3.09. The van der Waals surface area contributed by atoms with E-state index in [-0.39, 0.29) is 23.6 Å². The Bertz CT molecular complexity index is 472. The minimum atomic E-state index is -3.08. The normalized spacial score (nSPS) is 29.1.